The second-order valence-electron chi connectivity index (χ2n) is 5.00. The summed E-state index contributed by atoms with van der Waals surface area (Å²) < 4.78 is 16.2. The second-order valence-corrected chi connectivity index (χ2v) is 5.00. The largest absolute Gasteiger partial charge is 0.460 e. The van der Waals surface area contributed by atoms with Gasteiger partial charge in [0.15, 0.2) is 5.79 Å². The summed E-state index contributed by atoms with van der Waals surface area (Å²) >= 11 is 0. The van der Waals surface area contributed by atoms with Crippen molar-refractivity contribution in [3.63, 3.8) is 0 Å². The Balaban J connectivity index is 1.81. The number of carbonyl (C=O) groups is 1. The first-order chi connectivity index (χ1) is 8.98. The van der Waals surface area contributed by atoms with E-state index in [1.807, 2.05) is 19.9 Å². The van der Waals surface area contributed by atoms with Gasteiger partial charge in [0.05, 0.1) is 18.2 Å². The molecule has 0 unspecified atom stereocenters. The van der Waals surface area contributed by atoms with E-state index in [-0.39, 0.29) is 18.7 Å². The molecule has 0 aliphatic carbocycles. The Kier molecular flexibility index (Phi) is 4.19. The quantitative estimate of drug-likeness (QED) is 0.831. The van der Waals surface area contributed by atoms with E-state index in [0.717, 1.165) is 0 Å². The van der Waals surface area contributed by atoms with Gasteiger partial charge < -0.3 is 19.9 Å². The molecule has 1 aliphatic heterocycles. The Morgan fingerprint density at radius 3 is 2.74 bits per heavy atom. The van der Waals surface area contributed by atoms with Crippen molar-refractivity contribution in [3.05, 3.63) is 35.9 Å². The van der Waals surface area contributed by atoms with Gasteiger partial charge in [0.2, 0.25) is 0 Å². The molecule has 1 heterocycles. The summed E-state index contributed by atoms with van der Waals surface area (Å²) in [4.78, 5) is 11.7. The highest BCUT2D eigenvalue weighted by Crippen LogP contribution is 2.23. The molecule has 1 aromatic carbocycles. The Morgan fingerprint density at radius 2 is 2.16 bits per heavy atom. The van der Waals surface area contributed by atoms with Gasteiger partial charge in [-0.1, -0.05) is 18.2 Å². The normalized spacial score (nSPS) is 23.0. The fourth-order valence-electron chi connectivity index (χ4n) is 1.86. The Labute approximate surface area is 112 Å². The molecule has 1 aliphatic rings. The van der Waals surface area contributed by atoms with Crippen LogP contribution in [-0.2, 0) is 14.2 Å². The van der Waals surface area contributed by atoms with Gasteiger partial charge >= 0.3 is 5.97 Å². The lowest BCUT2D eigenvalue weighted by molar-refractivity contribution is -0.141. The molecule has 0 spiro atoms. The van der Waals surface area contributed by atoms with Crippen molar-refractivity contribution >= 4 is 5.97 Å². The van der Waals surface area contributed by atoms with Crippen molar-refractivity contribution in [2.75, 3.05) is 13.2 Å². The third-order valence-electron chi connectivity index (χ3n) is 2.92. The molecule has 0 saturated carbocycles. The van der Waals surface area contributed by atoms with Gasteiger partial charge in [-0.05, 0) is 26.0 Å². The first-order valence-electron chi connectivity index (χ1n) is 6.27. The van der Waals surface area contributed by atoms with Crippen molar-refractivity contribution < 1.29 is 19.0 Å². The minimum absolute atomic E-state index is 0.109. The van der Waals surface area contributed by atoms with Crippen LogP contribution < -0.4 is 5.73 Å². The number of rotatable bonds is 4. The van der Waals surface area contributed by atoms with Crippen molar-refractivity contribution in [3.8, 4) is 0 Å². The smallest absolute Gasteiger partial charge is 0.338 e. The lowest BCUT2D eigenvalue weighted by Crippen LogP contribution is -2.41. The van der Waals surface area contributed by atoms with Gasteiger partial charge in [0, 0.05) is 0 Å². The maximum Gasteiger partial charge on any atom is 0.338 e. The van der Waals surface area contributed by atoms with E-state index in [2.05, 4.69) is 0 Å². The lowest BCUT2D eigenvalue weighted by atomic mass is 10.2. The highest BCUT2D eigenvalue weighted by molar-refractivity contribution is 5.89. The summed E-state index contributed by atoms with van der Waals surface area (Å²) in [5, 5.41) is 0. The predicted molar refractivity (Wildman–Crippen MR) is 69.6 cm³/mol. The van der Waals surface area contributed by atoms with Crippen molar-refractivity contribution in [2.45, 2.75) is 31.8 Å². The summed E-state index contributed by atoms with van der Waals surface area (Å²) in [7, 11) is 0. The molecule has 1 fully saturated rings. The number of benzene rings is 1. The standard InChI is InChI=1S/C14H19NO4/c1-14(2)18-9-12(19-14)11(15)8-17-13(16)10-6-4-3-5-7-10/h3-7,11-12H,8-9,15H2,1-2H3/t11-,12-/m1/s1. The van der Waals surface area contributed by atoms with Gasteiger partial charge in [0.1, 0.15) is 12.7 Å². The van der Waals surface area contributed by atoms with Crippen LogP contribution in [-0.4, -0.2) is 37.1 Å². The third-order valence-corrected chi connectivity index (χ3v) is 2.92. The van der Waals surface area contributed by atoms with Crippen LogP contribution in [0.1, 0.15) is 24.2 Å². The first kappa shape index (κ1) is 14.0. The molecule has 0 radical (unpaired) electrons. The number of hydrogen-bond acceptors (Lipinski definition) is 5. The summed E-state index contributed by atoms with van der Waals surface area (Å²) in [5.41, 5.74) is 6.46. The van der Waals surface area contributed by atoms with E-state index in [4.69, 9.17) is 19.9 Å². The molecule has 2 N–H and O–H groups in total. The first-order valence-corrected chi connectivity index (χ1v) is 6.27. The van der Waals surface area contributed by atoms with E-state index in [0.29, 0.717) is 12.2 Å². The Morgan fingerprint density at radius 1 is 1.47 bits per heavy atom. The number of carbonyl (C=O) groups excluding carboxylic acids is 1. The number of esters is 1. The van der Waals surface area contributed by atoms with Crippen LogP contribution in [0.4, 0.5) is 0 Å². The molecular formula is C14H19NO4. The van der Waals surface area contributed by atoms with Crippen LogP contribution in [0.3, 0.4) is 0 Å². The third kappa shape index (κ3) is 3.76. The number of nitrogens with two attached hydrogens (primary N) is 1. The molecule has 19 heavy (non-hydrogen) atoms. The summed E-state index contributed by atoms with van der Waals surface area (Å²) in [6, 6.07) is 8.42. The predicted octanol–water partition coefficient (Wildman–Crippen LogP) is 1.32. The SMILES string of the molecule is CC1(C)OC[C@H]([C@H](N)COC(=O)c2ccccc2)O1. The maximum atomic E-state index is 11.7. The van der Waals surface area contributed by atoms with E-state index < -0.39 is 11.8 Å². The minimum Gasteiger partial charge on any atom is -0.460 e. The Bertz CT molecular complexity index is 432. The van der Waals surface area contributed by atoms with Crippen LogP contribution in [0.25, 0.3) is 0 Å². The topological polar surface area (TPSA) is 70.8 Å². The molecule has 1 aromatic rings. The highest BCUT2D eigenvalue weighted by Gasteiger charge is 2.36. The molecule has 104 valence electrons. The fraction of sp³-hybridized carbons (Fsp3) is 0.500. The molecule has 5 nitrogen and oxygen atoms in total. The van der Waals surface area contributed by atoms with Crippen LogP contribution in [0.2, 0.25) is 0 Å². The average Bonchev–Trinajstić information content (AvgIpc) is 2.77. The molecular weight excluding hydrogens is 246 g/mol. The second kappa shape index (κ2) is 5.69. The highest BCUT2D eigenvalue weighted by atomic mass is 16.7. The van der Waals surface area contributed by atoms with E-state index >= 15 is 0 Å². The number of ether oxygens (including phenoxy) is 3. The molecule has 5 heteroatoms. The van der Waals surface area contributed by atoms with Gasteiger partial charge in [0.25, 0.3) is 0 Å². The molecule has 1 saturated heterocycles. The van der Waals surface area contributed by atoms with Gasteiger partial charge in [-0.25, -0.2) is 4.79 Å². The molecule has 0 bridgehead atoms. The molecule has 0 aromatic heterocycles. The van der Waals surface area contributed by atoms with E-state index in [9.17, 15) is 4.79 Å². The lowest BCUT2D eigenvalue weighted by Gasteiger charge is -2.20. The van der Waals surface area contributed by atoms with Crippen LogP contribution in [0.15, 0.2) is 30.3 Å². The van der Waals surface area contributed by atoms with Crippen molar-refractivity contribution in [1.82, 2.24) is 0 Å². The Hall–Kier alpha value is -1.43. The van der Waals surface area contributed by atoms with Gasteiger partial charge in [-0.2, -0.15) is 0 Å². The monoisotopic (exact) mass is 265 g/mol. The van der Waals surface area contributed by atoms with Crippen molar-refractivity contribution in [1.29, 1.82) is 0 Å². The molecule has 0 amide bonds. The van der Waals surface area contributed by atoms with Crippen LogP contribution in [0, 0.1) is 0 Å². The van der Waals surface area contributed by atoms with Crippen molar-refractivity contribution in [2.24, 2.45) is 5.73 Å². The van der Waals surface area contributed by atoms with Gasteiger partial charge in [-0.3, -0.25) is 0 Å². The van der Waals surface area contributed by atoms with E-state index in [1.165, 1.54) is 0 Å². The minimum atomic E-state index is -0.619. The van der Waals surface area contributed by atoms with Gasteiger partial charge in [-0.15, -0.1) is 0 Å². The molecule has 2 rings (SSSR count). The molecule has 2 atom stereocenters. The van der Waals surface area contributed by atoms with Crippen LogP contribution >= 0.6 is 0 Å². The zero-order valence-corrected chi connectivity index (χ0v) is 11.2. The number of hydrogen-bond donors (Lipinski definition) is 1. The zero-order chi connectivity index (χ0) is 13.9. The summed E-state index contributed by atoms with van der Waals surface area (Å²) in [6.45, 7) is 4.18. The van der Waals surface area contributed by atoms with E-state index in [1.54, 1.807) is 24.3 Å². The summed E-state index contributed by atoms with van der Waals surface area (Å²) in [6.07, 6.45) is -0.251. The summed E-state index contributed by atoms with van der Waals surface area (Å²) in [5.74, 6) is -1.000. The average molecular weight is 265 g/mol. The zero-order valence-electron chi connectivity index (χ0n) is 11.2. The fourth-order valence-corrected chi connectivity index (χ4v) is 1.86. The van der Waals surface area contributed by atoms with Crippen LogP contribution in [0.5, 0.6) is 0 Å². The maximum absolute atomic E-state index is 11.7.